The lowest BCUT2D eigenvalue weighted by atomic mass is 9.99. The van der Waals surface area contributed by atoms with E-state index in [1.807, 2.05) is 6.07 Å². The second kappa shape index (κ2) is 8.43. The quantitative estimate of drug-likeness (QED) is 0.689. The molecule has 3 fully saturated rings. The van der Waals surface area contributed by atoms with Crippen molar-refractivity contribution in [3.63, 3.8) is 0 Å². The number of rotatable bonds is 5. The van der Waals surface area contributed by atoms with Crippen LogP contribution in [0.4, 0.5) is 5.69 Å². The van der Waals surface area contributed by atoms with Crippen molar-refractivity contribution in [2.24, 2.45) is 5.92 Å². The summed E-state index contributed by atoms with van der Waals surface area (Å²) in [6, 6.07) is 5.34. The molecule has 2 bridgehead atoms. The number of fused-ring (bicyclic) bond motifs is 3. The van der Waals surface area contributed by atoms with Gasteiger partial charge in [0.25, 0.3) is 5.91 Å². The van der Waals surface area contributed by atoms with Gasteiger partial charge in [0.05, 0.1) is 12.2 Å². The molecule has 3 saturated heterocycles. The minimum atomic E-state index is -3.28. The van der Waals surface area contributed by atoms with Gasteiger partial charge in [0.2, 0.25) is 15.9 Å². The van der Waals surface area contributed by atoms with Crippen LogP contribution in [0, 0.1) is 5.92 Å². The smallest absolute Gasteiger partial charge is 0.251 e. The first-order valence-electron chi connectivity index (χ1n) is 11.7. The first-order valence-corrected chi connectivity index (χ1v) is 13.3. The Morgan fingerprint density at radius 3 is 2.50 bits per heavy atom. The van der Waals surface area contributed by atoms with Crippen molar-refractivity contribution in [3.8, 4) is 0 Å². The van der Waals surface area contributed by atoms with Gasteiger partial charge in [-0.3, -0.25) is 9.59 Å². The molecule has 9 heteroatoms. The summed E-state index contributed by atoms with van der Waals surface area (Å²) in [6.45, 7) is 1.79. The summed E-state index contributed by atoms with van der Waals surface area (Å²) >= 11 is 0. The Balaban J connectivity index is 1.23. The number of benzene rings is 1. The lowest BCUT2D eigenvalue weighted by molar-refractivity contribution is -0.117. The molecule has 5 rings (SSSR count). The van der Waals surface area contributed by atoms with Gasteiger partial charge in [-0.15, -0.1) is 0 Å². The van der Waals surface area contributed by atoms with Crippen molar-refractivity contribution < 1.29 is 18.0 Å². The minimum Gasteiger partial charge on any atom is -0.349 e. The molecule has 2 amide bonds. The highest BCUT2D eigenvalue weighted by Crippen LogP contribution is 2.39. The van der Waals surface area contributed by atoms with Gasteiger partial charge in [-0.2, -0.15) is 4.31 Å². The topological polar surface area (TPSA) is 98.8 Å². The van der Waals surface area contributed by atoms with Crippen molar-refractivity contribution in [1.29, 1.82) is 0 Å². The van der Waals surface area contributed by atoms with E-state index in [4.69, 9.17) is 0 Å². The predicted octanol–water partition coefficient (Wildman–Crippen LogP) is 1.26. The molecular formula is C23H32N4O4S. The van der Waals surface area contributed by atoms with Crippen LogP contribution in [0.5, 0.6) is 0 Å². The van der Waals surface area contributed by atoms with Crippen molar-refractivity contribution in [2.75, 3.05) is 30.8 Å². The van der Waals surface area contributed by atoms with Gasteiger partial charge >= 0.3 is 0 Å². The van der Waals surface area contributed by atoms with E-state index in [0.717, 1.165) is 50.0 Å². The fraction of sp³-hybridized carbons (Fsp3) is 0.652. The second-order valence-electron chi connectivity index (χ2n) is 9.80. The van der Waals surface area contributed by atoms with E-state index in [0.29, 0.717) is 24.8 Å². The third-order valence-electron chi connectivity index (χ3n) is 7.65. The molecule has 32 heavy (non-hydrogen) atoms. The molecule has 0 unspecified atom stereocenters. The van der Waals surface area contributed by atoms with E-state index >= 15 is 0 Å². The highest BCUT2D eigenvalue weighted by Gasteiger charge is 2.47. The Hall–Kier alpha value is -1.97. The van der Waals surface area contributed by atoms with Crippen LogP contribution in [-0.4, -0.2) is 68.6 Å². The summed E-state index contributed by atoms with van der Waals surface area (Å²) in [5.74, 6) is 0.377. The van der Waals surface area contributed by atoms with Crippen molar-refractivity contribution in [1.82, 2.24) is 14.9 Å². The maximum Gasteiger partial charge on any atom is 0.251 e. The molecule has 1 aromatic carbocycles. The molecule has 8 nitrogen and oxygen atoms in total. The van der Waals surface area contributed by atoms with Gasteiger partial charge in [-0.05, 0) is 81.3 Å². The number of carbonyl (C=O) groups is 2. The number of likely N-dealkylation sites (N-methyl/N-ethyl adjacent to an activating group) is 1. The summed E-state index contributed by atoms with van der Waals surface area (Å²) in [5, 5.41) is 6.43. The van der Waals surface area contributed by atoms with E-state index in [2.05, 4.69) is 10.6 Å². The first kappa shape index (κ1) is 21.9. The summed E-state index contributed by atoms with van der Waals surface area (Å²) in [4.78, 5) is 26.4. The Morgan fingerprint density at radius 2 is 1.81 bits per heavy atom. The molecule has 0 aromatic heterocycles. The minimum absolute atomic E-state index is 0.0166. The Kier molecular flexibility index (Phi) is 5.75. The predicted molar refractivity (Wildman–Crippen MR) is 122 cm³/mol. The number of piperidine rings is 2. The highest BCUT2D eigenvalue weighted by atomic mass is 32.2. The van der Waals surface area contributed by atoms with Gasteiger partial charge in [0, 0.05) is 36.4 Å². The van der Waals surface area contributed by atoms with Crippen LogP contribution in [0.2, 0.25) is 0 Å². The monoisotopic (exact) mass is 460 g/mol. The lowest BCUT2D eigenvalue weighted by Gasteiger charge is -2.39. The molecule has 0 aliphatic carbocycles. The maximum atomic E-state index is 13.2. The first-order chi connectivity index (χ1) is 15.3. The molecule has 4 aliphatic heterocycles. The number of anilines is 1. The molecule has 0 spiro atoms. The number of nitrogens with one attached hydrogen (secondary N) is 2. The zero-order valence-corrected chi connectivity index (χ0v) is 19.4. The van der Waals surface area contributed by atoms with Crippen LogP contribution < -0.4 is 15.5 Å². The molecule has 0 saturated carbocycles. The number of hydrogen-bond acceptors (Lipinski definition) is 5. The average molecular weight is 461 g/mol. The lowest BCUT2D eigenvalue weighted by Crippen LogP contribution is -2.53. The Bertz CT molecular complexity index is 1010. The standard InChI is InChI=1S/C23H32N4O4S/c1-26-21-5-2-16(10-17(21)11-22(26)28)23(29)25-18-12-19-3-4-20(13-18)27(19)32(30,31)14-15-6-8-24-9-7-15/h2,5,10,15,18-20,24H,3-4,6-9,11-14H2,1H3,(H,25,29)/t18-,19+,20-. The van der Waals surface area contributed by atoms with Crippen LogP contribution in [0.25, 0.3) is 0 Å². The van der Waals surface area contributed by atoms with Crippen LogP contribution in [0.3, 0.4) is 0 Å². The number of hydrogen-bond donors (Lipinski definition) is 2. The number of carbonyl (C=O) groups excluding carboxylic acids is 2. The maximum absolute atomic E-state index is 13.2. The Morgan fingerprint density at radius 1 is 1.12 bits per heavy atom. The van der Waals surface area contributed by atoms with Gasteiger partial charge < -0.3 is 15.5 Å². The fourth-order valence-electron chi connectivity index (χ4n) is 6.02. The third kappa shape index (κ3) is 4.06. The van der Waals surface area contributed by atoms with Gasteiger partial charge in [-0.1, -0.05) is 0 Å². The third-order valence-corrected chi connectivity index (χ3v) is 9.78. The molecule has 174 valence electrons. The van der Waals surface area contributed by atoms with E-state index in [9.17, 15) is 18.0 Å². The second-order valence-corrected chi connectivity index (χ2v) is 11.7. The van der Waals surface area contributed by atoms with E-state index in [-0.39, 0.29) is 41.6 Å². The van der Waals surface area contributed by atoms with Gasteiger partial charge in [-0.25, -0.2) is 8.42 Å². The fourth-order valence-corrected chi connectivity index (χ4v) is 8.41. The highest BCUT2D eigenvalue weighted by molar-refractivity contribution is 7.89. The average Bonchev–Trinajstić information content (AvgIpc) is 3.21. The SMILES string of the molecule is CN1C(=O)Cc2cc(C(=O)N[C@H]3C[C@H]4CC[C@@H](C3)N4S(=O)(=O)CC3CCNCC3)ccc21. The molecule has 2 N–H and O–H groups in total. The number of nitrogens with zero attached hydrogens (tertiary/aromatic N) is 2. The molecule has 3 atom stereocenters. The van der Waals surface area contributed by atoms with Crippen LogP contribution in [0.15, 0.2) is 18.2 Å². The Labute approximate surface area is 189 Å². The summed E-state index contributed by atoms with van der Waals surface area (Å²) < 4.78 is 28.2. The summed E-state index contributed by atoms with van der Waals surface area (Å²) in [6.07, 6.45) is 5.24. The number of sulfonamides is 1. The molecule has 4 aliphatic rings. The zero-order chi connectivity index (χ0) is 22.5. The van der Waals surface area contributed by atoms with Crippen LogP contribution in [0.1, 0.15) is 54.4 Å². The van der Waals surface area contributed by atoms with E-state index in [1.54, 1.807) is 28.4 Å². The summed E-state index contributed by atoms with van der Waals surface area (Å²) in [7, 11) is -1.54. The molecule has 0 radical (unpaired) electrons. The molecule has 4 heterocycles. The van der Waals surface area contributed by atoms with E-state index < -0.39 is 10.0 Å². The molecule has 1 aromatic rings. The normalized spacial score (nSPS) is 28.7. The zero-order valence-electron chi connectivity index (χ0n) is 18.5. The number of amides is 2. The van der Waals surface area contributed by atoms with Crippen molar-refractivity contribution >= 4 is 27.5 Å². The van der Waals surface area contributed by atoms with Gasteiger partial charge in [0.15, 0.2) is 0 Å². The van der Waals surface area contributed by atoms with Crippen molar-refractivity contribution in [3.05, 3.63) is 29.3 Å². The van der Waals surface area contributed by atoms with Crippen LogP contribution in [-0.2, 0) is 21.2 Å². The van der Waals surface area contributed by atoms with Gasteiger partial charge in [0.1, 0.15) is 0 Å². The summed E-state index contributed by atoms with van der Waals surface area (Å²) in [5.41, 5.74) is 2.29. The van der Waals surface area contributed by atoms with Crippen LogP contribution >= 0.6 is 0 Å². The van der Waals surface area contributed by atoms with Crippen molar-refractivity contribution in [2.45, 2.75) is 63.1 Å². The largest absolute Gasteiger partial charge is 0.349 e. The molecular weight excluding hydrogens is 428 g/mol. The van der Waals surface area contributed by atoms with E-state index in [1.165, 1.54) is 0 Å².